The molecule has 1 amide bonds. The van der Waals surface area contributed by atoms with Gasteiger partial charge in [0.2, 0.25) is 0 Å². The molecule has 39 heavy (non-hydrogen) atoms. The molecule has 7 nitrogen and oxygen atoms in total. The van der Waals surface area contributed by atoms with E-state index in [1.807, 2.05) is 37.3 Å². The lowest BCUT2D eigenvalue weighted by molar-refractivity contribution is -0.123. The van der Waals surface area contributed by atoms with Gasteiger partial charge in [0.1, 0.15) is 5.75 Å². The minimum Gasteiger partial charge on any atom is -0.490 e. The first-order valence-electron chi connectivity index (χ1n) is 13.1. The minimum absolute atomic E-state index is 0.0344. The summed E-state index contributed by atoms with van der Waals surface area (Å²) in [6.07, 6.45) is 2.53. The van der Waals surface area contributed by atoms with Gasteiger partial charge in [-0.2, -0.15) is 5.10 Å². The maximum atomic E-state index is 12.4. The highest BCUT2D eigenvalue weighted by atomic mass is 16.6. The van der Waals surface area contributed by atoms with Crippen LogP contribution in [0.4, 0.5) is 0 Å². The Morgan fingerprint density at radius 1 is 0.872 bits per heavy atom. The fourth-order valence-electron chi connectivity index (χ4n) is 4.48. The number of nitrogens with one attached hydrogen (secondary N) is 1. The molecule has 206 valence electrons. The molecule has 0 saturated carbocycles. The summed E-state index contributed by atoms with van der Waals surface area (Å²) in [7, 11) is 0. The highest BCUT2D eigenvalue weighted by Crippen LogP contribution is 2.36. The smallest absolute Gasteiger partial charge is 0.343 e. The molecule has 0 aromatic heterocycles. The third kappa shape index (κ3) is 9.28. The molecule has 3 aromatic rings. The monoisotopic (exact) mass is 530 g/mol. The van der Waals surface area contributed by atoms with Crippen LogP contribution in [0, 0.1) is 5.41 Å². The maximum Gasteiger partial charge on any atom is 0.343 e. The van der Waals surface area contributed by atoms with Crippen LogP contribution in [0.15, 0.2) is 77.9 Å². The highest BCUT2D eigenvalue weighted by molar-refractivity contribution is 5.91. The Morgan fingerprint density at radius 2 is 1.56 bits per heavy atom. The van der Waals surface area contributed by atoms with Gasteiger partial charge in [-0.3, -0.25) is 4.79 Å². The average Bonchev–Trinajstić information content (AvgIpc) is 2.88. The van der Waals surface area contributed by atoms with Gasteiger partial charge < -0.3 is 14.2 Å². The quantitative estimate of drug-likeness (QED) is 0.132. The molecule has 0 atom stereocenters. The van der Waals surface area contributed by atoms with Crippen LogP contribution in [0.5, 0.6) is 17.2 Å². The van der Waals surface area contributed by atoms with E-state index in [1.54, 1.807) is 42.5 Å². The normalized spacial score (nSPS) is 11.7. The number of hydrogen-bond donors (Lipinski definition) is 1. The zero-order valence-electron chi connectivity index (χ0n) is 23.6. The zero-order valence-corrected chi connectivity index (χ0v) is 23.6. The SMILES string of the molecule is CCOc1cc(/C=N/NC(=O)COc2ccc(C(C)(C)CC(C)(C)C)cc2)ccc1OC(=O)c1ccccc1. The van der Waals surface area contributed by atoms with Gasteiger partial charge in [-0.1, -0.05) is 65.0 Å². The van der Waals surface area contributed by atoms with Gasteiger partial charge in [0, 0.05) is 0 Å². The van der Waals surface area contributed by atoms with Crippen LogP contribution in [0.1, 0.15) is 69.4 Å². The number of esters is 1. The Morgan fingerprint density at radius 3 is 2.21 bits per heavy atom. The van der Waals surface area contributed by atoms with Gasteiger partial charge in [0.05, 0.1) is 18.4 Å². The van der Waals surface area contributed by atoms with Crippen molar-refractivity contribution in [2.75, 3.05) is 13.2 Å². The molecule has 0 bridgehead atoms. The molecule has 1 N–H and O–H groups in total. The standard InChI is InChI=1S/C32H38N2O5/c1-7-37-28-19-23(13-18-27(28)39-30(36)24-11-9-8-10-12-24)20-33-34-29(35)21-38-26-16-14-25(15-17-26)32(5,6)22-31(2,3)4/h8-20H,7,21-22H2,1-6H3,(H,34,35)/b33-20+. The second-order valence-corrected chi connectivity index (χ2v) is 11.1. The van der Waals surface area contributed by atoms with E-state index in [0.29, 0.717) is 35.0 Å². The van der Waals surface area contributed by atoms with Crippen molar-refractivity contribution in [1.29, 1.82) is 0 Å². The van der Waals surface area contributed by atoms with Crippen LogP contribution in [0.25, 0.3) is 0 Å². The fraction of sp³-hybridized carbons (Fsp3) is 0.344. The molecule has 3 rings (SSSR count). The molecular weight excluding hydrogens is 492 g/mol. The van der Waals surface area contributed by atoms with E-state index in [0.717, 1.165) is 6.42 Å². The van der Waals surface area contributed by atoms with E-state index in [4.69, 9.17) is 14.2 Å². The molecule has 0 heterocycles. The molecule has 0 aliphatic heterocycles. The molecule has 0 aliphatic rings. The molecule has 0 aliphatic carbocycles. The topological polar surface area (TPSA) is 86.2 Å². The summed E-state index contributed by atoms with van der Waals surface area (Å²) in [5, 5.41) is 4.01. The number of carbonyl (C=O) groups is 2. The van der Waals surface area contributed by atoms with E-state index < -0.39 is 5.97 Å². The van der Waals surface area contributed by atoms with Gasteiger partial charge in [-0.25, -0.2) is 10.2 Å². The minimum atomic E-state index is -0.478. The molecule has 3 aromatic carbocycles. The third-order valence-corrected chi connectivity index (χ3v) is 5.86. The summed E-state index contributed by atoms with van der Waals surface area (Å²) in [6.45, 7) is 13.3. The number of hydrogen-bond acceptors (Lipinski definition) is 6. The Balaban J connectivity index is 1.53. The predicted molar refractivity (Wildman–Crippen MR) is 154 cm³/mol. The van der Waals surface area contributed by atoms with Crippen LogP contribution in [-0.4, -0.2) is 31.3 Å². The van der Waals surface area contributed by atoms with Crippen LogP contribution >= 0.6 is 0 Å². The lowest BCUT2D eigenvalue weighted by Crippen LogP contribution is -2.25. The van der Waals surface area contributed by atoms with Crippen LogP contribution in [0.3, 0.4) is 0 Å². The van der Waals surface area contributed by atoms with E-state index in [2.05, 4.69) is 45.1 Å². The molecule has 0 unspecified atom stereocenters. The van der Waals surface area contributed by atoms with Crippen LogP contribution in [0.2, 0.25) is 0 Å². The third-order valence-electron chi connectivity index (χ3n) is 5.86. The van der Waals surface area contributed by atoms with Crippen LogP contribution < -0.4 is 19.6 Å². The Hall–Kier alpha value is -4.13. The van der Waals surface area contributed by atoms with Crippen molar-refractivity contribution >= 4 is 18.1 Å². The first-order valence-corrected chi connectivity index (χ1v) is 13.1. The average molecular weight is 531 g/mol. The van der Waals surface area contributed by atoms with Crippen LogP contribution in [-0.2, 0) is 10.2 Å². The molecule has 0 fully saturated rings. The van der Waals surface area contributed by atoms with Gasteiger partial charge in [-0.05, 0) is 77.8 Å². The van der Waals surface area contributed by atoms with Gasteiger partial charge >= 0.3 is 5.97 Å². The summed E-state index contributed by atoms with van der Waals surface area (Å²) < 4.78 is 16.8. The van der Waals surface area contributed by atoms with E-state index in [-0.39, 0.29) is 23.3 Å². The van der Waals surface area contributed by atoms with Crippen molar-refractivity contribution in [1.82, 2.24) is 5.43 Å². The van der Waals surface area contributed by atoms with Crippen molar-refractivity contribution < 1.29 is 23.8 Å². The molecule has 7 heteroatoms. The molecule has 0 saturated heterocycles. The number of carbonyl (C=O) groups excluding carboxylic acids is 2. The molecular formula is C32H38N2O5. The summed E-state index contributed by atoms with van der Waals surface area (Å²) in [4.78, 5) is 24.7. The van der Waals surface area contributed by atoms with Crippen molar-refractivity contribution in [2.24, 2.45) is 10.5 Å². The van der Waals surface area contributed by atoms with E-state index in [1.165, 1.54) is 11.8 Å². The fourth-order valence-corrected chi connectivity index (χ4v) is 4.48. The zero-order chi connectivity index (χ0) is 28.5. The lowest BCUT2D eigenvalue weighted by atomic mass is 9.72. The van der Waals surface area contributed by atoms with Gasteiger partial charge in [0.25, 0.3) is 5.91 Å². The summed E-state index contributed by atoms with van der Waals surface area (Å²) in [5.74, 6) is 0.448. The van der Waals surface area contributed by atoms with Crippen molar-refractivity contribution in [3.8, 4) is 17.2 Å². The second-order valence-electron chi connectivity index (χ2n) is 11.1. The Labute approximate surface area is 231 Å². The van der Waals surface area contributed by atoms with Gasteiger partial charge in [0.15, 0.2) is 18.1 Å². The Kier molecular flexibility index (Phi) is 9.88. The van der Waals surface area contributed by atoms with E-state index >= 15 is 0 Å². The number of amides is 1. The highest BCUT2D eigenvalue weighted by Gasteiger charge is 2.27. The lowest BCUT2D eigenvalue weighted by Gasteiger charge is -2.33. The van der Waals surface area contributed by atoms with Crippen molar-refractivity contribution in [3.05, 3.63) is 89.5 Å². The Bertz CT molecular complexity index is 1280. The van der Waals surface area contributed by atoms with Crippen molar-refractivity contribution in [3.63, 3.8) is 0 Å². The number of ether oxygens (including phenoxy) is 3. The molecule has 0 radical (unpaired) electrons. The number of hydrazone groups is 1. The van der Waals surface area contributed by atoms with E-state index in [9.17, 15) is 9.59 Å². The number of rotatable bonds is 11. The van der Waals surface area contributed by atoms with Crippen molar-refractivity contribution in [2.45, 2.75) is 53.4 Å². The molecule has 0 spiro atoms. The predicted octanol–water partition coefficient (Wildman–Crippen LogP) is 6.55. The first kappa shape index (κ1) is 29.4. The summed E-state index contributed by atoms with van der Waals surface area (Å²) in [5.41, 5.74) is 5.05. The van der Waals surface area contributed by atoms with Gasteiger partial charge in [-0.15, -0.1) is 0 Å². The second kappa shape index (κ2) is 13.1. The number of nitrogens with zero attached hydrogens (tertiary/aromatic N) is 1. The largest absolute Gasteiger partial charge is 0.490 e. The number of benzene rings is 3. The maximum absolute atomic E-state index is 12.4. The summed E-state index contributed by atoms with van der Waals surface area (Å²) >= 11 is 0. The summed E-state index contributed by atoms with van der Waals surface area (Å²) in [6, 6.07) is 21.6. The first-order chi connectivity index (χ1) is 18.5.